The van der Waals surface area contributed by atoms with E-state index in [1.807, 2.05) is 20.8 Å². The van der Waals surface area contributed by atoms with Crippen LogP contribution in [-0.2, 0) is 15.4 Å². The molecule has 0 atom stereocenters. The van der Waals surface area contributed by atoms with E-state index < -0.39 is 26.6 Å². The molecule has 11 heteroatoms. The normalized spacial score (nSPS) is 12.1. The zero-order chi connectivity index (χ0) is 24.7. The molecule has 0 aliphatic carbocycles. The van der Waals surface area contributed by atoms with Crippen molar-refractivity contribution in [2.45, 2.75) is 31.1 Å². The molecule has 2 aromatic carbocycles. The van der Waals surface area contributed by atoms with E-state index in [4.69, 9.17) is 16.6 Å². The first kappa shape index (κ1) is 24.2. The molecule has 0 fully saturated rings. The molecule has 4 rings (SSSR count). The summed E-state index contributed by atoms with van der Waals surface area (Å²) in [5, 5.41) is 0.925. The van der Waals surface area contributed by atoms with Crippen molar-refractivity contribution in [2.75, 3.05) is 4.72 Å². The number of anilines is 1. The van der Waals surface area contributed by atoms with E-state index in [2.05, 4.69) is 14.7 Å². The topological polar surface area (TPSA) is 84.8 Å². The van der Waals surface area contributed by atoms with E-state index in [1.54, 1.807) is 30.5 Å². The molecule has 2 aromatic heterocycles. The Morgan fingerprint density at radius 2 is 1.68 bits per heavy atom. The van der Waals surface area contributed by atoms with E-state index in [-0.39, 0.29) is 16.4 Å². The Morgan fingerprint density at radius 3 is 2.32 bits per heavy atom. The number of thiazole rings is 1. The Balaban J connectivity index is 1.79. The lowest BCUT2D eigenvalue weighted by atomic mass is 9.98. The third kappa shape index (κ3) is 4.94. The van der Waals surface area contributed by atoms with Crippen molar-refractivity contribution in [3.05, 3.63) is 76.7 Å². The van der Waals surface area contributed by atoms with E-state index >= 15 is 0 Å². The smallest absolute Gasteiger partial charge is 0.267 e. The maximum atomic E-state index is 14.1. The predicted octanol–water partition coefficient (Wildman–Crippen LogP) is 6.30. The number of benzene rings is 2. The Bertz CT molecular complexity index is 1460. The molecular weight excluding hydrogens is 502 g/mol. The van der Waals surface area contributed by atoms with Gasteiger partial charge in [-0.15, -0.1) is 11.3 Å². The summed E-state index contributed by atoms with van der Waals surface area (Å²) in [5.41, 5.74) is 1.60. The number of nitrogens with zero attached hydrogens (tertiary/aromatic N) is 3. The fraction of sp³-hybridized carbons (Fsp3) is 0.174. The monoisotopic (exact) mass is 520 g/mol. The second-order valence-electron chi connectivity index (χ2n) is 8.39. The highest BCUT2D eigenvalue weighted by molar-refractivity contribution is 7.92. The van der Waals surface area contributed by atoms with Crippen molar-refractivity contribution in [1.82, 2.24) is 15.0 Å². The van der Waals surface area contributed by atoms with Crippen LogP contribution in [0.1, 0.15) is 25.8 Å². The number of sulfonamides is 1. The zero-order valence-electron chi connectivity index (χ0n) is 18.3. The fourth-order valence-corrected chi connectivity index (χ4v) is 5.60. The second kappa shape index (κ2) is 9.01. The first-order valence-electron chi connectivity index (χ1n) is 10.0. The lowest BCUT2D eigenvalue weighted by Gasteiger charge is -2.13. The zero-order valence-corrected chi connectivity index (χ0v) is 20.7. The van der Waals surface area contributed by atoms with E-state index in [1.165, 1.54) is 17.4 Å². The van der Waals surface area contributed by atoms with Crippen molar-refractivity contribution < 1.29 is 17.2 Å². The van der Waals surface area contributed by atoms with Crippen molar-refractivity contribution in [2.24, 2.45) is 0 Å². The Morgan fingerprint density at radius 1 is 1.00 bits per heavy atom. The first-order valence-corrected chi connectivity index (χ1v) is 12.7. The van der Waals surface area contributed by atoms with Crippen LogP contribution in [0.2, 0.25) is 5.28 Å². The fourth-order valence-electron chi connectivity index (χ4n) is 3.15. The minimum Gasteiger partial charge on any atom is -0.279 e. The molecule has 2 heterocycles. The van der Waals surface area contributed by atoms with Gasteiger partial charge in [0.1, 0.15) is 11.6 Å². The third-order valence-corrected chi connectivity index (χ3v) is 7.82. The summed E-state index contributed by atoms with van der Waals surface area (Å²) in [7, 11) is -4.52. The van der Waals surface area contributed by atoms with Gasteiger partial charge >= 0.3 is 0 Å². The number of nitrogens with one attached hydrogen (secondary N) is 1. The van der Waals surface area contributed by atoms with Crippen LogP contribution in [0.3, 0.4) is 0 Å². The first-order chi connectivity index (χ1) is 16.0. The van der Waals surface area contributed by atoms with Crippen molar-refractivity contribution >= 4 is 38.6 Å². The van der Waals surface area contributed by atoms with E-state index in [0.717, 1.165) is 28.1 Å². The molecule has 6 nitrogen and oxygen atoms in total. The summed E-state index contributed by atoms with van der Waals surface area (Å²) in [6.07, 6.45) is 1.54. The molecule has 176 valence electrons. The van der Waals surface area contributed by atoms with Gasteiger partial charge in [-0.1, -0.05) is 39.0 Å². The molecule has 4 aromatic rings. The number of hydrogen-bond acceptors (Lipinski definition) is 6. The van der Waals surface area contributed by atoms with Crippen LogP contribution in [0.5, 0.6) is 0 Å². The number of aromatic nitrogens is 3. The van der Waals surface area contributed by atoms with Gasteiger partial charge in [0.05, 0.1) is 21.3 Å². The average Bonchev–Trinajstić information content (AvgIpc) is 3.19. The van der Waals surface area contributed by atoms with E-state index in [0.29, 0.717) is 17.0 Å². The largest absolute Gasteiger partial charge is 0.279 e. The quantitative estimate of drug-likeness (QED) is 0.312. The van der Waals surface area contributed by atoms with Crippen LogP contribution in [0.15, 0.2) is 59.6 Å². The molecule has 0 spiro atoms. The molecule has 0 aliphatic rings. The van der Waals surface area contributed by atoms with Crippen LogP contribution in [0.25, 0.3) is 21.8 Å². The summed E-state index contributed by atoms with van der Waals surface area (Å²) in [6.45, 7) is 6.08. The molecule has 34 heavy (non-hydrogen) atoms. The van der Waals surface area contributed by atoms with Gasteiger partial charge in [-0.25, -0.2) is 32.2 Å². The van der Waals surface area contributed by atoms with Gasteiger partial charge in [-0.3, -0.25) is 4.72 Å². The van der Waals surface area contributed by atoms with Gasteiger partial charge in [-0.05, 0) is 41.9 Å². The molecule has 0 amide bonds. The predicted molar refractivity (Wildman–Crippen MR) is 129 cm³/mol. The van der Waals surface area contributed by atoms with Crippen LogP contribution in [-0.4, -0.2) is 23.4 Å². The van der Waals surface area contributed by atoms with Gasteiger partial charge in [0.15, 0.2) is 4.90 Å². The molecule has 0 saturated carbocycles. The number of hydrogen-bond donors (Lipinski definition) is 1. The number of halogens is 3. The standard InChI is InChI=1S/C23H19ClF2N4O2S2/c1-23(2,3)21-29-18(19(33-21)17-10-11-27-22(24)28-17)13-6-4-7-14(12-13)30-34(31,32)20-15(25)8-5-9-16(20)26/h4-12,30H,1-3H3. The lowest BCUT2D eigenvalue weighted by molar-refractivity contribution is 0.521. The summed E-state index contributed by atoms with van der Waals surface area (Å²) in [6, 6.07) is 11.0. The molecule has 0 saturated heterocycles. The Labute approximate surface area is 204 Å². The van der Waals surface area contributed by atoms with Gasteiger partial charge in [-0.2, -0.15) is 0 Å². The van der Waals surface area contributed by atoms with E-state index in [9.17, 15) is 17.2 Å². The van der Waals surface area contributed by atoms with Crippen molar-refractivity contribution in [1.29, 1.82) is 0 Å². The SMILES string of the molecule is CC(C)(C)c1nc(-c2cccc(NS(=O)(=O)c3c(F)cccc3F)c2)c(-c2ccnc(Cl)n2)s1. The minimum atomic E-state index is -4.52. The van der Waals surface area contributed by atoms with Gasteiger partial charge in [0, 0.05) is 22.9 Å². The highest BCUT2D eigenvalue weighted by Gasteiger charge is 2.26. The van der Waals surface area contributed by atoms with Gasteiger partial charge in [0.25, 0.3) is 10.0 Å². The molecule has 0 bridgehead atoms. The maximum Gasteiger partial charge on any atom is 0.267 e. The average molecular weight is 521 g/mol. The maximum absolute atomic E-state index is 14.1. The van der Waals surface area contributed by atoms with Crippen LogP contribution >= 0.6 is 22.9 Å². The molecule has 0 radical (unpaired) electrons. The number of rotatable bonds is 5. The van der Waals surface area contributed by atoms with Crippen LogP contribution < -0.4 is 4.72 Å². The summed E-state index contributed by atoms with van der Waals surface area (Å²) >= 11 is 7.44. The summed E-state index contributed by atoms with van der Waals surface area (Å²) in [4.78, 5) is 12.7. The molecule has 0 aliphatic heterocycles. The molecule has 0 unspecified atom stereocenters. The molecule has 1 N–H and O–H groups in total. The third-order valence-electron chi connectivity index (χ3n) is 4.70. The highest BCUT2D eigenvalue weighted by atomic mass is 35.5. The van der Waals surface area contributed by atoms with Crippen molar-refractivity contribution in [3.63, 3.8) is 0 Å². The minimum absolute atomic E-state index is 0.0857. The van der Waals surface area contributed by atoms with Gasteiger partial charge < -0.3 is 0 Å². The Hall–Kier alpha value is -2.95. The van der Waals surface area contributed by atoms with Gasteiger partial charge in [0.2, 0.25) is 5.28 Å². The van der Waals surface area contributed by atoms with Crippen LogP contribution in [0.4, 0.5) is 14.5 Å². The lowest BCUT2D eigenvalue weighted by Crippen LogP contribution is -2.16. The Kier molecular flexibility index (Phi) is 6.41. The highest BCUT2D eigenvalue weighted by Crippen LogP contribution is 2.40. The summed E-state index contributed by atoms with van der Waals surface area (Å²) in [5.74, 6) is -2.36. The van der Waals surface area contributed by atoms with Crippen LogP contribution in [0, 0.1) is 11.6 Å². The summed E-state index contributed by atoms with van der Waals surface area (Å²) < 4.78 is 55.9. The van der Waals surface area contributed by atoms with Crippen molar-refractivity contribution in [3.8, 4) is 21.8 Å². The second-order valence-corrected chi connectivity index (χ2v) is 11.4. The molecular formula is C23H19ClF2N4O2S2.